The van der Waals surface area contributed by atoms with Crippen molar-refractivity contribution >= 4 is 0 Å². The molecule has 2 fully saturated rings. The molecule has 3 rings (SSSR count). The number of piperidine rings is 1. The third-order valence-corrected chi connectivity index (χ3v) is 5.18. The molecular formula is C18H29N3. The Labute approximate surface area is 128 Å². The van der Waals surface area contributed by atoms with Gasteiger partial charge in [-0.15, -0.1) is 0 Å². The molecule has 0 radical (unpaired) electrons. The molecule has 2 heterocycles. The van der Waals surface area contributed by atoms with Crippen LogP contribution in [0.25, 0.3) is 0 Å². The molecule has 0 bridgehead atoms. The van der Waals surface area contributed by atoms with Crippen molar-refractivity contribution < 1.29 is 0 Å². The van der Waals surface area contributed by atoms with Gasteiger partial charge in [-0.1, -0.05) is 25.3 Å². The van der Waals surface area contributed by atoms with Crippen LogP contribution in [0.1, 0.15) is 56.3 Å². The first-order chi connectivity index (χ1) is 10.3. The summed E-state index contributed by atoms with van der Waals surface area (Å²) in [5, 5.41) is 7.58. The third kappa shape index (κ3) is 4.04. The van der Waals surface area contributed by atoms with Crippen LogP contribution in [0.2, 0.25) is 0 Å². The van der Waals surface area contributed by atoms with Crippen LogP contribution in [0.5, 0.6) is 0 Å². The van der Waals surface area contributed by atoms with Gasteiger partial charge in [0.2, 0.25) is 0 Å². The Bertz CT molecular complexity index is 440. The van der Waals surface area contributed by atoms with Crippen molar-refractivity contribution in [3.8, 4) is 0 Å². The SMILES string of the molecule is Cc1cccc(CNC2CCCCC2C2CCCCN2)n1. The van der Waals surface area contributed by atoms with Crippen molar-refractivity contribution in [2.24, 2.45) is 5.92 Å². The second-order valence-electron chi connectivity index (χ2n) is 6.76. The molecule has 0 aromatic carbocycles. The summed E-state index contributed by atoms with van der Waals surface area (Å²) < 4.78 is 0. The van der Waals surface area contributed by atoms with E-state index >= 15 is 0 Å². The Balaban J connectivity index is 1.58. The quantitative estimate of drug-likeness (QED) is 0.893. The van der Waals surface area contributed by atoms with Gasteiger partial charge in [-0.2, -0.15) is 0 Å². The van der Waals surface area contributed by atoms with E-state index in [1.54, 1.807) is 0 Å². The van der Waals surface area contributed by atoms with Crippen LogP contribution in [0.3, 0.4) is 0 Å². The number of rotatable bonds is 4. The molecule has 3 unspecified atom stereocenters. The van der Waals surface area contributed by atoms with Crippen molar-refractivity contribution in [3.63, 3.8) is 0 Å². The van der Waals surface area contributed by atoms with E-state index in [1.807, 2.05) is 0 Å². The molecule has 1 saturated carbocycles. The fourth-order valence-electron chi connectivity index (χ4n) is 4.07. The monoisotopic (exact) mass is 287 g/mol. The first kappa shape index (κ1) is 15.0. The largest absolute Gasteiger partial charge is 0.314 e. The van der Waals surface area contributed by atoms with Gasteiger partial charge in [0, 0.05) is 24.3 Å². The molecule has 0 amide bonds. The summed E-state index contributed by atoms with van der Waals surface area (Å²) in [4.78, 5) is 4.62. The molecule has 1 aliphatic carbocycles. The zero-order chi connectivity index (χ0) is 14.5. The molecule has 1 aliphatic heterocycles. The minimum absolute atomic E-state index is 0.664. The molecule has 0 spiro atoms. The molecule has 21 heavy (non-hydrogen) atoms. The summed E-state index contributed by atoms with van der Waals surface area (Å²) in [6.07, 6.45) is 9.62. The fraction of sp³-hybridized carbons (Fsp3) is 0.722. The van der Waals surface area contributed by atoms with Crippen LogP contribution in [-0.2, 0) is 6.54 Å². The third-order valence-electron chi connectivity index (χ3n) is 5.18. The number of pyridine rings is 1. The smallest absolute Gasteiger partial charge is 0.0544 e. The molecule has 1 saturated heterocycles. The Morgan fingerprint density at radius 3 is 2.81 bits per heavy atom. The van der Waals surface area contributed by atoms with Gasteiger partial charge < -0.3 is 10.6 Å². The summed E-state index contributed by atoms with van der Waals surface area (Å²) in [7, 11) is 0. The van der Waals surface area contributed by atoms with E-state index in [4.69, 9.17) is 0 Å². The highest BCUT2D eigenvalue weighted by atomic mass is 15.0. The second-order valence-corrected chi connectivity index (χ2v) is 6.76. The molecule has 2 N–H and O–H groups in total. The number of aryl methyl sites for hydroxylation is 1. The van der Waals surface area contributed by atoms with Crippen molar-refractivity contribution in [1.82, 2.24) is 15.6 Å². The summed E-state index contributed by atoms with van der Waals surface area (Å²) in [5.41, 5.74) is 2.29. The van der Waals surface area contributed by atoms with Crippen molar-refractivity contribution in [3.05, 3.63) is 29.6 Å². The fourth-order valence-corrected chi connectivity index (χ4v) is 4.07. The molecule has 3 nitrogen and oxygen atoms in total. The Morgan fingerprint density at radius 1 is 1.14 bits per heavy atom. The average Bonchev–Trinajstić information content (AvgIpc) is 2.54. The molecule has 3 atom stereocenters. The van der Waals surface area contributed by atoms with Gasteiger partial charge in [0.25, 0.3) is 0 Å². The topological polar surface area (TPSA) is 37.0 Å². The summed E-state index contributed by atoms with van der Waals surface area (Å²) in [6, 6.07) is 7.72. The van der Waals surface area contributed by atoms with Crippen LogP contribution in [-0.4, -0.2) is 23.6 Å². The van der Waals surface area contributed by atoms with Crippen molar-refractivity contribution in [2.75, 3.05) is 6.54 Å². The van der Waals surface area contributed by atoms with E-state index in [0.29, 0.717) is 6.04 Å². The lowest BCUT2D eigenvalue weighted by Gasteiger charge is -2.40. The summed E-state index contributed by atoms with van der Waals surface area (Å²) >= 11 is 0. The minimum Gasteiger partial charge on any atom is -0.314 e. The summed E-state index contributed by atoms with van der Waals surface area (Å²) in [5.74, 6) is 0.809. The van der Waals surface area contributed by atoms with Gasteiger partial charge in [0.1, 0.15) is 0 Å². The van der Waals surface area contributed by atoms with Gasteiger partial charge in [0.05, 0.1) is 5.69 Å². The van der Waals surface area contributed by atoms with Gasteiger partial charge in [-0.25, -0.2) is 0 Å². The summed E-state index contributed by atoms with van der Waals surface area (Å²) in [6.45, 7) is 4.20. The van der Waals surface area contributed by atoms with E-state index < -0.39 is 0 Å². The highest BCUT2D eigenvalue weighted by Crippen LogP contribution is 2.30. The van der Waals surface area contributed by atoms with Gasteiger partial charge in [-0.3, -0.25) is 4.98 Å². The molecule has 1 aromatic heterocycles. The average molecular weight is 287 g/mol. The number of nitrogens with zero attached hydrogens (tertiary/aromatic N) is 1. The van der Waals surface area contributed by atoms with E-state index in [9.17, 15) is 0 Å². The second kappa shape index (κ2) is 7.37. The lowest BCUT2D eigenvalue weighted by Crippen LogP contribution is -2.50. The van der Waals surface area contributed by atoms with E-state index in [-0.39, 0.29) is 0 Å². The van der Waals surface area contributed by atoms with E-state index in [2.05, 4.69) is 40.7 Å². The Hall–Kier alpha value is -0.930. The van der Waals surface area contributed by atoms with E-state index in [0.717, 1.165) is 24.2 Å². The normalized spacial score (nSPS) is 30.2. The zero-order valence-electron chi connectivity index (χ0n) is 13.3. The standard InChI is InChI=1S/C18H29N3/c1-14-7-6-8-15(21-14)13-20-18-10-3-2-9-16(18)17-11-4-5-12-19-17/h6-8,16-20H,2-5,9-13H2,1H3. The number of nitrogens with one attached hydrogen (secondary N) is 2. The predicted octanol–water partition coefficient (Wildman–Crippen LogP) is 3.18. The molecular weight excluding hydrogens is 258 g/mol. The van der Waals surface area contributed by atoms with Crippen LogP contribution in [0, 0.1) is 12.8 Å². The Kier molecular flexibility index (Phi) is 5.26. The van der Waals surface area contributed by atoms with Crippen LogP contribution >= 0.6 is 0 Å². The highest BCUT2D eigenvalue weighted by Gasteiger charge is 2.32. The molecule has 116 valence electrons. The molecule has 3 heteroatoms. The lowest BCUT2D eigenvalue weighted by molar-refractivity contribution is 0.181. The maximum absolute atomic E-state index is 4.62. The number of hydrogen-bond donors (Lipinski definition) is 2. The van der Waals surface area contributed by atoms with Crippen molar-refractivity contribution in [1.29, 1.82) is 0 Å². The number of hydrogen-bond acceptors (Lipinski definition) is 3. The van der Waals surface area contributed by atoms with Gasteiger partial charge in [-0.05, 0) is 57.2 Å². The van der Waals surface area contributed by atoms with Crippen LogP contribution in [0.15, 0.2) is 18.2 Å². The first-order valence-electron chi connectivity index (χ1n) is 8.72. The van der Waals surface area contributed by atoms with Gasteiger partial charge in [0.15, 0.2) is 0 Å². The molecule has 1 aromatic rings. The minimum atomic E-state index is 0.664. The van der Waals surface area contributed by atoms with E-state index in [1.165, 1.54) is 57.2 Å². The van der Waals surface area contributed by atoms with Gasteiger partial charge >= 0.3 is 0 Å². The predicted molar refractivity (Wildman–Crippen MR) is 87.2 cm³/mol. The van der Waals surface area contributed by atoms with Crippen LogP contribution in [0.4, 0.5) is 0 Å². The van der Waals surface area contributed by atoms with Crippen LogP contribution < -0.4 is 10.6 Å². The van der Waals surface area contributed by atoms with Crippen molar-refractivity contribution in [2.45, 2.75) is 70.5 Å². The Morgan fingerprint density at radius 2 is 2.00 bits per heavy atom. The number of aromatic nitrogens is 1. The molecule has 2 aliphatic rings. The first-order valence-corrected chi connectivity index (χ1v) is 8.72. The maximum atomic E-state index is 4.62. The highest BCUT2D eigenvalue weighted by molar-refractivity contribution is 5.10. The maximum Gasteiger partial charge on any atom is 0.0544 e. The zero-order valence-corrected chi connectivity index (χ0v) is 13.3. The lowest BCUT2D eigenvalue weighted by atomic mass is 9.77.